The highest BCUT2D eigenvalue weighted by molar-refractivity contribution is 5.74. The van der Waals surface area contributed by atoms with E-state index >= 15 is 0 Å². The molecule has 2 N–H and O–H groups in total. The monoisotopic (exact) mass is 315 g/mol. The van der Waals surface area contributed by atoms with Gasteiger partial charge in [-0.05, 0) is 42.3 Å². The van der Waals surface area contributed by atoms with E-state index in [1.165, 1.54) is 10.9 Å². The van der Waals surface area contributed by atoms with Crippen molar-refractivity contribution in [1.29, 1.82) is 0 Å². The number of aliphatic hydroxyl groups is 1. The lowest BCUT2D eigenvalue weighted by Crippen LogP contribution is -2.00. The molecule has 0 aliphatic carbocycles. The van der Waals surface area contributed by atoms with Gasteiger partial charge in [-0.25, -0.2) is 9.78 Å². The molecule has 3 aromatic rings. The molecule has 120 valence electrons. The Kier molecular flexibility index (Phi) is 4.52. The first-order valence-electron chi connectivity index (χ1n) is 7.24. The molecule has 1 aromatic heterocycles. The zero-order chi connectivity index (χ0) is 16.2. The molecule has 0 amide bonds. The van der Waals surface area contributed by atoms with Crippen molar-refractivity contribution in [3.05, 3.63) is 47.5 Å². The minimum absolute atomic E-state index is 0.0439. The van der Waals surface area contributed by atoms with Crippen LogP contribution in [0.4, 0.5) is 0 Å². The van der Waals surface area contributed by atoms with Gasteiger partial charge in [0.25, 0.3) is 0 Å². The topological polar surface area (TPSA) is 89.6 Å². The average Bonchev–Trinajstić information content (AvgIpc) is 2.98. The van der Waals surface area contributed by atoms with E-state index in [1.54, 1.807) is 12.1 Å². The van der Waals surface area contributed by atoms with E-state index in [4.69, 9.17) is 9.78 Å². The second-order valence-corrected chi connectivity index (χ2v) is 4.96. The normalized spacial score (nSPS) is 11.2. The summed E-state index contributed by atoms with van der Waals surface area (Å²) < 4.78 is 0. The van der Waals surface area contributed by atoms with Crippen molar-refractivity contribution >= 4 is 11.0 Å². The summed E-state index contributed by atoms with van der Waals surface area (Å²) >= 11 is 0. The molecular formula is C16H17N3O4. The number of aliphatic hydroxyl groups excluding tert-OH is 1. The Balaban J connectivity index is 1.93. The zero-order valence-electron chi connectivity index (χ0n) is 12.6. The highest BCUT2D eigenvalue weighted by atomic mass is 17.2. The number of phenols is 1. The SMILES string of the molecule is CCOOCc1ccc2nn(-c3cc(CO)ccc3O)nc2c1. The predicted octanol–water partition coefficient (Wildman–Crippen LogP) is 2.09. The number of rotatable bonds is 6. The molecule has 23 heavy (non-hydrogen) atoms. The molecule has 3 rings (SSSR count). The van der Waals surface area contributed by atoms with E-state index in [-0.39, 0.29) is 12.4 Å². The van der Waals surface area contributed by atoms with Gasteiger partial charge in [-0.15, -0.1) is 15.0 Å². The maximum atomic E-state index is 9.99. The lowest BCUT2D eigenvalue weighted by molar-refractivity contribution is -0.300. The Morgan fingerprint density at radius 3 is 2.57 bits per heavy atom. The van der Waals surface area contributed by atoms with Crippen molar-refractivity contribution in [2.24, 2.45) is 0 Å². The second-order valence-electron chi connectivity index (χ2n) is 4.96. The van der Waals surface area contributed by atoms with Crippen LogP contribution < -0.4 is 0 Å². The van der Waals surface area contributed by atoms with Crippen molar-refractivity contribution in [2.75, 3.05) is 6.61 Å². The average molecular weight is 315 g/mol. The van der Waals surface area contributed by atoms with Gasteiger partial charge in [-0.3, -0.25) is 0 Å². The highest BCUT2D eigenvalue weighted by Crippen LogP contribution is 2.23. The first-order chi connectivity index (χ1) is 11.2. The van der Waals surface area contributed by atoms with Gasteiger partial charge >= 0.3 is 0 Å². The van der Waals surface area contributed by atoms with Crippen molar-refractivity contribution in [1.82, 2.24) is 15.0 Å². The Morgan fingerprint density at radius 1 is 1.00 bits per heavy atom. The van der Waals surface area contributed by atoms with Gasteiger partial charge in [0.1, 0.15) is 29.1 Å². The Labute approximate surface area is 132 Å². The van der Waals surface area contributed by atoms with E-state index in [2.05, 4.69) is 10.2 Å². The van der Waals surface area contributed by atoms with Crippen molar-refractivity contribution in [2.45, 2.75) is 20.1 Å². The highest BCUT2D eigenvalue weighted by Gasteiger charge is 2.10. The lowest BCUT2D eigenvalue weighted by Gasteiger charge is -2.04. The number of aromatic hydroxyl groups is 1. The number of hydrogen-bond acceptors (Lipinski definition) is 6. The van der Waals surface area contributed by atoms with Gasteiger partial charge in [0, 0.05) is 0 Å². The summed E-state index contributed by atoms with van der Waals surface area (Å²) in [5, 5.41) is 27.9. The molecule has 0 fully saturated rings. The molecule has 2 aromatic carbocycles. The minimum atomic E-state index is -0.118. The summed E-state index contributed by atoms with van der Waals surface area (Å²) in [4.78, 5) is 11.3. The quantitative estimate of drug-likeness (QED) is 0.411. The van der Waals surface area contributed by atoms with Crippen LogP contribution in [0, 0.1) is 0 Å². The summed E-state index contributed by atoms with van der Waals surface area (Å²) in [5.74, 6) is 0.0439. The molecule has 0 bridgehead atoms. The van der Waals surface area contributed by atoms with Crippen LogP contribution in [-0.2, 0) is 23.0 Å². The molecule has 0 unspecified atom stereocenters. The van der Waals surface area contributed by atoms with Crippen LogP contribution >= 0.6 is 0 Å². The fourth-order valence-corrected chi connectivity index (χ4v) is 2.18. The molecule has 0 aliphatic rings. The van der Waals surface area contributed by atoms with Crippen LogP contribution in [0.1, 0.15) is 18.1 Å². The first kappa shape index (κ1) is 15.4. The standard InChI is InChI=1S/C16H17N3O4/c1-2-22-23-10-12-3-5-13-14(7-12)18-19(17-13)15-8-11(9-20)4-6-16(15)21/h3-8,20-21H,2,9-10H2,1H3. The third-order valence-corrected chi connectivity index (χ3v) is 3.31. The van der Waals surface area contributed by atoms with Gasteiger partial charge in [-0.1, -0.05) is 12.1 Å². The van der Waals surface area contributed by atoms with Crippen molar-refractivity contribution in [3.8, 4) is 11.4 Å². The summed E-state index contributed by atoms with van der Waals surface area (Å²) in [5.41, 5.74) is 3.37. The molecule has 7 nitrogen and oxygen atoms in total. The molecule has 0 atom stereocenters. The van der Waals surface area contributed by atoms with Crippen LogP contribution in [0.15, 0.2) is 36.4 Å². The molecule has 0 spiro atoms. The maximum Gasteiger partial charge on any atom is 0.143 e. The van der Waals surface area contributed by atoms with Crippen LogP contribution in [-0.4, -0.2) is 31.8 Å². The van der Waals surface area contributed by atoms with E-state index < -0.39 is 0 Å². The van der Waals surface area contributed by atoms with Crippen molar-refractivity contribution < 1.29 is 20.0 Å². The molecule has 0 aliphatic heterocycles. The Morgan fingerprint density at radius 2 is 1.78 bits per heavy atom. The minimum Gasteiger partial charge on any atom is -0.506 e. The fraction of sp³-hybridized carbons (Fsp3) is 0.250. The molecule has 7 heteroatoms. The smallest absolute Gasteiger partial charge is 0.143 e. The van der Waals surface area contributed by atoms with Gasteiger partial charge in [0.05, 0.1) is 13.2 Å². The van der Waals surface area contributed by atoms with Gasteiger partial charge < -0.3 is 10.2 Å². The number of nitrogens with zero attached hydrogens (tertiary/aromatic N) is 3. The first-order valence-corrected chi connectivity index (χ1v) is 7.24. The molecule has 0 saturated heterocycles. The summed E-state index contributed by atoms with van der Waals surface area (Å²) in [6, 6.07) is 10.4. The van der Waals surface area contributed by atoms with E-state index in [1.807, 2.05) is 25.1 Å². The molecule has 1 heterocycles. The third-order valence-electron chi connectivity index (χ3n) is 3.31. The largest absolute Gasteiger partial charge is 0.506 e. The third kappa shape index (κ3) is 3.31. The van der Waals surface area contributed by atoms with Gasteiger partial charge in [0.15, 0.2) is 0 Å². The van der Waals surface area contributed by atoms with E-state index in [9.17, 15) is 10.2 Å². The molecule has 0 radical (unpaired) electrons. The van der Waals surface area contributed by atoms with Crippen LogP contribution in [0.5, 0.6) is 5.75 Å². The van der Waals surface area contributed by atoms with Crippen LogP contribution in [0.25, 0.3) is 16.7 Å². The number of fused-ring (bicyclic) bond motifs is 1. The van der Waals surface area contributed by atoms with E-state index in [0.29, 0.717) is 35.5 Å². The second kappa shape index (κ2) is 6.74. The lowest BCUT2D eigenvalue weighted by atomic mass is 10.2. The zero-order valence-corrected chi connectivity index (χ0v) is 12.6. The maximum absolute atomic E-state index is 9.99. The number of phenolic OH excluding ortho intramolecular Hbond substituents is 1. The predicted molar refractivity (Wildman–Crippen MR) is 82.9 cm³/mol. The van der Waals surface area contributed by atoms with Gasteiger partial charge in [0.2, 0.25) is 0 Å². The number of benzene rings is 2. The van der Waals surface area contributed by atoms with Crippen LogP contribution in [0.2, 0.25) is 0 Å². The van der Waals surface area contributed by atoms with Crippen LogP contribution in [0.3, 0.4) is 0 Å². The molecular weight excluding hydrogens is 298 g/mol. The van der Waals surface area contributed by atoms with Gasteiger partial charge in [-0.2, -0.15) is 0 Å². The Hall–Kier alpha value is -2.48. The summed E-state index contributed by atoms with van der Waals surface area (Å²) in [6.45, 7) is 2.54. The number of hydrogen-bond donors (Lipinski definition) is 2. The van der Waals surface area contributed by atoms with Crippen molar-refractivity contribution in [3.63, 3.8) is 0 Å². The van der Waals surface area contributed by atoms with E-state index in [0.717, 1.165) is 5.56 Å². The number of aromatic nitrogens is 3. The fourth-order valence-electron chi connectivity index (χ4n) is 2.18. The molecule has 0 saturated carbocycles. The summed E-state index contributed by atoms with van der Waals surface area (Å²) in [6.07, 6.45) is 0. The summed E-state index contributed by atoms with van der Waals surface area (Å²) in [7, 11) is 0. The Bertz CT molecular complexity index is 816.